The standard InChI is InChI=1S/C14H19Cl2NO4S/c1-14(8-21-2,7-12(19)20)17-11(18)5-3-4-9-6-10(15)22-13(9)16/h6H,3-5,7-8H2,1-2H3,(H,17,18)(H,19,20). The monoisotopic (exact) mass is 367 g/mol. The van der Waals surface area contributed by atoms with E-state index in [2.05, 4.69) is 5.32 Å². The quantitative estimate of drug-likeness (QED) is 0.701. The van der Waals surface area contributed by atoms with Crippen molar-refractivity contribution in [3.8, 4) is 0 Å². The molecule has 0 fully saturated rings. The molecular weight excluding hydrogens is 349 g/mol. The molecule has 0 bridgehead atoms. The first-order valence-corrected chi connectivity index (χ1v) is 8.28. The van der Waals surface area contributed by atoms with Crippen LogP contribution in [0.2, 0.25) is 8.67 Å². The van der Waals surface area contributed by atoms with Gasteiger partial charge in [0.05, 0.1) is 27.2 Å². The molecule has 5 nitrogen and oxygen atoms in total. The van der Waals surface area contributed by atoms with E-state index in [4.69, 9.17) is 33.0 Å². The van der Waals surface area contributed by atoms with E-state index in [1.54, 1.807) is 13.0 Å². The molecule has 1 unspecified atom stereocenters. The van der Waals surface area contributed by atoms with Crippen molar-refractivity contribution in [1.29, 1.82) is 0 Å². The van der Waals surface area contributed by atoms with Crippen LogP contribution in [0.5, 0.6) is 0 Å². The van der Waals surface area contributed by atoms with E-state index >= 15 is 0 Å². The zero-order chi connectivity index (χ0) is 16.8. The molecule has 0 saturated heterocycles. The first-order valence-electron chi connectivity index (χ1n) is 6.71. The van der Waals surface area contributed by atoms with Gasteiger partial charge in [0.1, 0.15) is 0 Å². The smallest absolute Gasteiger partial charge is 0.305 e. The number of hydrogen-bond acceptors (Lipinski definition) is 4. The highest BCUT2D eigenvalue weighted by Crippen LogP contribution is 2.32. The zero-order valence-corrected chi connectivity index (χ0v) is 14.8. The molecule has 0 radical (unpaired) electrons. The average molecular weight is 368 g/mol. The van der Waals surface area contributed by atoms with Crippen molar-refractivity contribution in [1.82, 2.24) is 5.32 Å². The summed E-state index contributed by atoms with van der Waals surface area (Å²) in [5.41, 5.74) is 0.00993. The van der Waals surface area contributed by atoms with E-state index in [0.717, 1.165) is 5.56 Å². The fourth-order valence-corrected chi connectivity index (χ4v) is 3.71. The maximum Gasteiger partial charge on any atom is 0.305 e. The summed E-state index contributed by atoms with van der Waals surface area (Å²) in [7, 11) is 1.47. The lowest BCUT2D eigenvalue weighted by atomic mass is 9.98. The number of halogens is 2. The summed E-state index contributed by atoms with van der Waals surface area (Å²) >= 11 is 13.2. The minimum absolute atomic E-state index is 0.136. The summed E-state index contributed by atoms with van der Waals surface area (Å²) < 4.78 is 6.26. The molecule has 0 spiro atoms. The SMILES string of the molecule is COCC(C)(CC(=O)O)NC(=O)CCCc1cc(Cl)sc1Cl. The van der Waals surface area contributed by atoms with Gasteiger partial charge < -0.3 is 15.2 Å². The van der Waals surface area contributed by atoms with Crippen LogP contribution in [0.15, 0.2) is 6.07 Å². The summed E-state index contributed by atoms with van der Waals surface area (Å²) in [6, 6.07) is 1.80. The van der Waals surface area contributed by atoms with Crippen LogP contribution in [0.4, 0.5) is 0 Å². The second-order valence-corrected chi connectivity index (χ2v) is 7.60. The van der Waals surface area contributed by atoms with Crippen molar-refractivity contribution in [2.45, 2.75) is 38.1 Å². The van der Waals surface area contributed by atoms with E-state index in [1.165, 1.54) is 18.4 Å². The van der Waals surface area contributed by atoms with Gasteiger partial charge in [-0.2, -0.15) is 0 Å². The lowest BCUT2D eigenvalue weighted by Gasteiger charge is -2.28. The molecule has 124 valence electrons. The van der Waals surface area contributed by atoms with Crippen LogP contribution in [-0.4, -0.2) is 36.2 Å². The first-order chi connectivity index (χ1) is 10.3. The van der Waals surface area contributed by atoms with Crippen LogP contribution in [-0.2, 0) is 20.7 Å². The van der Waals surface area contributed by atoms with Crippen LogP contribution in [0.1, 0.15) is 31.7 Å². The number of carboxylic acids is 1. The Hall–Kier alpha value is -0.820. The molecule has 8 heteroatoms. The number of hydrogen-bond donors (Lipinski definition) is 2. The molecule has 1 amide bonds. The number of amides is 1. The minimum Gasteiger partial charge on any atom is -0.481 e. The fourth-order valence-electron chi connectivity index (χ4n) is 2.17. The second kappa shape index (κ2) is 8.72. The number of carbonyl (C=O) groups is 2. The molecule has 22 heavy (non-hydrogen) atoms. The molecule has 0 saturated carbocycles. The van der Waals surface area contributed by atoms with Crippen LogP contribution in [0.25, 0.3) is 0 Å². The van der Waals surface area contributed by atoms with Crippen LogP contribution in [0, 0.1) is 0 Å². The Balaban J connectivity index is 2.47. The van der Waals surface area contributed by atoms with E-state index in [0.29, 0.717) is 21.5 Å². The van der Waals surface area contributed by atoms with Crippen molar-refractivity contribution in [2.24, 2.45) is 0 Å². The summed E-state index contributed by atoms with van der Waals surface area (Å²) in [6.45, 7) is 1.79. The van der Waals surface area contributed by atoms with Gasteiger partial charge in [-0.25, -0.2) is 0 Å². The Labute approximate surface area is 143 Å². The first kappa shape index (κ1) is 19.2. The highest BCUT2D eigenvalue weighted by atomic mass is 35.5. The van der Waals surface area contributed by atoms with E-state index in [9.17, 15) is 9.59 Å². The molecular formula is C14H19Cl2NO4S. The van der Waals surface area contributed by atoms with E-state index in [-0.39, 0.29) is 25.4 Å². The Morgan fingerprint density at radius 2 is 2.14 bits per heavy atom. The van der Waals surface area contributed by atoms with Crippen molar-refractivity contribution in [3.05, 3.63) is 20.3 Å². The van der Waals surface area contributed by atoms with Crippen molar-refractivity contribution in [3.63, 3.8) is 0 Å². The predicted molar refractivity (Wildman–Crippen MR) is 88.0 cm³/mol. The molecule has 1 atom stereocenters. The Morgan fingerprint density at radius 1 is 1.45 bits per heavy atom. The number of carbonyl (C=O) groups excluding carboxylic acids is 1. The maximum atomic E-state index is 12.0. The summed E-state index contributed by atoms with van der Waals surface area (Å²) in [5, 5.41) is 11.6. The topological polar surface area (TPSA) is 75.6 Å². The molecule has 2 N–H and O–H groups in total. The highest BCUT2D eigenvalue weighted by Gasteiger charge is 2.29. The highest BCUT2D eigenvalue weighted by molar-refractivity contribution is 7.20. The second-order valence-electron chi connectivity index (χ2n) is 5.32. The van der Waals surface area contributed by atoms with E-state index < -0.39 is 11.5 Å². The predicted octanol–water partition coefficient (Wildman–Crippen LogP) is 3.37. The molecule has 0 aliphatic carbocycles. The van der Waals surface area contributed by atoms with Crippen molar-refractivity contribution in [2.75, 3.05) is 13.7 Å². The third-order valence-corrected chi connectivity index (χ3v) is 4.59. The van der Waals surface area contributed by atoms with Gasteiger partial charge in [0.25, 0.3) is 0 Å². The zero-order valence-electron chi connectivity index (χ0n) is 12.4. The van der Waals surface area contributed by atoms with Gasteiger partial charge in [-0.3, -0.25) is 9.59 Å². The van der Waals surface area contributed by atoms with Crippen LogP contribution in [0.3, 0.4) is 0 Å². The normalized spacial score (nSPS) is 13.6. The number of aryl methyl sites for hydroxylation is 1. The summed E-state index contributed by atoms with van der Waals surface area (Å²) in [5.74, 6) is -1.20. The molecule has 1 aromatic heterocycles. The minimum atomic E-state index is -0.987. The van der Waals surface area contributed by atoms with Gasteiger partial charge in [0.15, 0.2) is 0 Å². The number of carboxylic acid groups (broad SMARTS) is 1. The van der Waals surface area contributed by atoms with Gasteiger partial charge >= 0.3 is 5.97 Å². The number of methoxy groups -OCH3 is 1. The molecule has 0 aliphatic rings. The third kappa shape index (κ3) is 6.52. The lowest BCUT2D eigenvalue weighted by Crippen LogP contribution is -2.50. The van der Waals surface area contributed by atoms with Gasteiger partial charge in [-0.1, -0.05) is 23.2 Å². The molecule has 1 aromatic rings. The average Bonchev–Trinajstić information content (AvgIpc) is 2.66. The Kier molecular flexibility index (Phi) is 7.62. The van der Waals surface area contributed by atoms with Gasteiger partial charge in [-0.05, 0) is 31.4 Å². The van der Waals surface area contributed by atoms with Crippen molar-refractivity contribution >= 4 is 46.4 Å². The van der Waals surface area contributed by atoms with Gasteiger partial charge in [-0.15, -0.1) is 11.3 Å². The third-order valence-electron chi connectivity index (χ3n) is 3.02. The maximum absolute atomic E-state index is 12.0. The number of rotatable bonds is 9. The molecule has 0 aromatic carbocycles. The Morgan fingerprint density at radius 3 is 2.64 bits per heavy atom. The Bertz CT molecular complexity index is 535. The van der Waals surface area contributed by atoms with Gasteiger partial charge in [0, 0.05) is 13.5 Å². The summed E-state index contributed by atoms with van der Waals surface area (Å²) in [6.07, 6.45) is 1.34. The number of ether oxygens (including phenoxy) is 1. The van der Waals surface area contributed by atoms with Crippen LogP contribution >= 0.6 is 34.5 Å². The lowest BCUT2D eigenvalue weighted by molar-refractivity contribution is -0.139. The largest absolute Gasteiger partial charge is 0.481 e. The van der Waals surface area contributed by atoms with Crippen molar-refractivity contribution < 1.29 is 19.4 Å². The molecule has 1 rings (SSSR count). The number of thiophene rings is 1. The fraction of sp³-hybridized carbons (Fsp3) is 0.571. The molecule has 0 aliphatic heterocycles. The molecule has 1 heterocycles. The number of aliphatic carboxylic acids is 1. The van der Waals surface area contributed by atoms with E-state index in [1.807, 2.05) is 0 Å². The van der Waals surface area contributed by atoms with Gasteiger partial charge in [0.2, 0.25) is 5.91 Å². The summed E-state index contributed by atoms with van der Waals surface area (Å²) in [4.78, 5) is 22.9. The number of nitrogens with one attached hydrogen (secondary N) is 1. The van der Waals surface area contributed by atoms with Crippen LogP contribution < -0.4 is 5.32 Å².